The van der Waals surface area contributed by atoms with Gasteiger partial charge in [-0.3, -0.25) is 4.79 Å². The van der Waals surface area contributed by atoms with Gasteiger partial charge >= 0.3 is 0 Å². The van der Waals surface area contributed by atoms with Crippen LogP contribution in [0.4, 0.5) is 0 Å². The first kappa shape index (κ1) is 9.00. The zero-order valence-electron chi connectivity index (χ0n) is 8.04. The first-order chi connectivity index (χ1) is 6.27. The summed E-state index contributed by atoms with van der Waals surface area (Å²) in [4.78, 5) is 13.6. The number of rotatable bonds is 3. The van der Waals surface area contributed by atoms with E-state index in [9.17, 15) is 4.79 Å². The molecule has 0 bridgehead atoms. The van der Waals surface area contributed by atoms with E-state index < -0.39 is 0 Å². The summed E-state index contributed by atoms with van der Waals surface area (Å²) in [6.07, 6.45) is 5.38. The van der Waals surface area contributed by atoms with Gasteiger partial charge in [-0.2, -0.15) is 0 Å². The van der Waals surface area contributed by atoms with Crippen LogP contribution in [0.3, 0.4) is 0 Å². The number of hydrogen-bond acceptors (Lipinski definition) is 2. The van der Waals surface area contributed by atoms with Crippen LogP contribution in [0.15, 0.2) is 0 Å². The number of nitrogens with two attached hydrogens (primary N) is 1. The fourth-order valence-corrected chi connectivity index (χ4v) is 1.99. The highest BCUT2D eigenvalue weighted by Gasteiger charge is 2.31. The summed E-state index contributed by atoms with van der Waals surface area (Å²) in [5, 5.41) is 0. The molecule has 1 aliphatic carbocycles. The standard InChI is InChI=1S/C10H18N2O/c11-9(8-3-4-8)7-10(13)12-5-1-2-6-12/h8-9H,1-7,11H2. The Labute approximate surface area is 79.3 Å². The van der Waals surface area contributed by atoms with Crippen molar-refractivity contribution in [3.63, 3.8) is 0 Å². The van der Waals surface area contributed by atoms with Crippen LogP contribution >= 0.6 is 0 Å². The summed E-state index contributed by atoms with van der Waals surface area (Å²) in [5.41, 5.74) is 5.90. The number of likely N-dealkylation sites (tertiary alicyclic amines) is 1. The average molecular weight is 182 g/mol. The summed E-state index contributed by atoms with van der Waals surface area (Å²) in [6, 6.07) is 0.132. The molecular formula is C10H18N2O. The van der Waals surface area contributed by atoms with Crippen molar-refractivity contribution in [3.05, 3.63) is 0 Å². The van der Waals surface area contributed by atoms with E-state index in [2.05, 4.69) is 0 Å². The first-order valence-electron chi connectivity index (χ1n) is 5.31. The van der Waals surface area contributed by atoms with Gasteiger partial charge in [0, 0.05) is 25.6 Å². The van der Waals surface area contributed by atoms with Crippen molar-refractivity contribution in [2.24, 2.45) is 11.7 Å². The van der Waals surface area contributed by atoms with Crippen LogP contribution in [0.25, 0.3) is 0 Å². The molecular weight excluding hydrogens is 164 g/mol. The molecule has 2 N–H and O–H groups in total. The maximum atomic E-state index is 11.6. The Hall–Kier alpha value is -0.570. The van der Waals surface area contributed by atoms with Gasteiger partial charge in [0.15, 0.2) is 0 Å². The maximum absolute atomic E-state index is 11.6. The highest BCUT2D eigenvalue weighted by Crippen LogP contribution is 2.33. The fraction of sp³-hybridized carbons (Fsp3) is 0.900. The van der Waals surface area contributed by atoms with Crippen LogP contribution in [-0.4, -0.2) is 29.9 Å². The summed E-state index contributed by atoms with van der Waals surface area (Å²) in [5.74, 6) is 0.920. The van der Waals surface area contributed by atoms with E-state index in [1.165, 1.54) is 25.7 Å². The molecule has 0 spiro atoms. The topological polar surface area (TPSA) is 46.3 Å². The zero-order valence-corrected chi connectivity index (χ0v) is 8.04. The third-order valence-corrected chi connectivity index (χ3v) is 3.10. The molecule has 1 unspecified atom stereocenters. The van der Waals surface area contributed by atoms with Crippen LogP contribution < -0.4 is 5.73 Å². The molecule has 2 aliphatic rings. The van der Waals surface area contributed by atoms with Gasteiger partial charge in [-0.25, -0.2) is 0 Å². The molecule has 1 saturated carbocycles. The second kappa shape index (κ2) is 3.66. The van der Waals surface area contributed by atoms with E-state index in [4.69, 9.17) is 5.73 Å². The van der Waals surface area contributed by atoms with Gasteiger partial charge < -0.3 is 10.6 Å². The molecule has 3 heteroatoms. The molecule has 0 aromatic heterocycles. The molecule has 2 rings (SSSR count). The van der Waals surface area contributed by atoms with E-state index in [1.54, 1.807) is 0 Å². The zero-order chi connectivity index (χ0) is 9.26. The Bertz CT molecular complexity index is 195. The summed E-state index contributed by atoms with van der Waals surface area (Å²) < 4.78 is 0. The molecule has 3 nitrogen and oxygen atoms in total. The first-order valence-corrected chi connectivity index (χ1v) is 5.31. The normalized spacial score (nSPS) is 24.8. The second-order valence-corrected chi connectivity index (χ2v) is 4.29. The molecule has 0 aromatic rings. The molecule has 0 radical (unpaired) electrons. The Balaban J connectivity index is 1.76. The third-order valence-electron chi connectivity index (χ3n) is 3.10. The predicted molar refractivity (Wildman–Crippen MR) is 51.1 cm³/mol. The summed E-state index contributed by atoms with van der Waals surface area (Å²) >= 11 is 0. The number of amides is 1. The van der Waals surface area contributed by atoms with Crippen molar-refractivity contribution in [1.82, 2.24) is 4.90 Å². The Kier molecular flexibility index (Phi) is 2.54. The molecule has 0 aromatic carbocycles. The predicted octanol–water partition coefficient (Wildman–Crippen LogP) is 0.736. The van der Waals surface area contributed by atoms with Gasteiger partial charge in [0.1, 0.15) is 0 Å². The van der Waals surface area contributed by atoms with Gasteiger partial charge in [-0.15, -0.1) is 0 Å². The molecule has 1 heterocycles. The maximum Gasteiger partial charge on any atom is 0.224 e. The number of nitrogens with zero attached hydrogens (tertiary/aromatic N) is 1. The van der Waals surface area contributed by atoms with E-state index >= 15 is 0 Å². The lowest BCUT2D eigenvalue weighted by Crippen LogP contribution is -2.34. The highest BCUT2D eigenvalue weighted by molar-refractivity contribution is 5.77. The van der Waals surface area contributed by atoms with Crippen molar-refractivity contribution < 1.29 is 4.79 Å². The molecule has 1 aliphatic heterocycles. The molecule has 1 atom stereocenters. The fourth-order valence-electron chi connectivity index (χ4n) is 1.99. The summed E-state index contributed by atoms with van der Waals surface area (Å²) in [6.45, 7) is 1.91. The molecule has 13 heavy (non-hydrogen) atoms. The van der Waals surface area contributed by atoms with Gasteiger partial charge in [0.25, 0.3) is 0 Å². The Morgan fingerprint density at radius 3 is 2.54 bits per heavy atom. The van der Waals surface area contributed by atoms with E-state index in [1.807, 2.05) is 4.90 Å². The van der Waals surface area contributed by atoms with E-state index in [0.717, 1.165) is 13.1 Å². The van der Waals surface area contributed by atoms with Gasteiger partial charge in [-0.1, -0.05) is 0 Å². The van der Waals surface area contributed by atoms with Crippen LogP contribution in [0, 0.1) is 5.92 Å². The van der Waals surface area contributed by atoms with Crippen LogP contribution in [0.1, 0.15) is 32.1 Å². The largest absolute Gasteiger partial charge is 0.343 e. The van der Waals surface area contributed by atoms with Crippen molar-refractivity contribution >= 4 is 5.91 Å². The van der Waals surface area contributed by atoms with Crippen molar-refractivity contribution in [3.8, 4) is 0 Å². The number of carbonyl (C=O) groups is 1. The molecule has 1 amide bonds. The van der Waals surface area contributed by atoms with Crippen molar-refractivity contribution in [2.75, 3.05) is 13.1 Å². The van der Waals surface area contributed by atoms with Crippen LogP contribution in [0.2, 0.25) is 0 Å². The lowest BCUT2D eigenvalue weighted by atomic mass is 10.1. The van der Waals surface area contributed by atoms with Crippen LogP contribution in [0.5, 0.6) is 0 Å². The quantitative estimate of drug-likeness (QED) is 0.699. The summed E-state index contributed by atoms with van der Waals surface area (Å²) in [7, 11) is 0. The Morgan fingerprint density at radius 1 is 1.38 bits per heavy atom. The monoisotopic (exact) mass is 182 g/mol. The van der Waals surface area contributed by atoms with Crippen molar-refractivity contribution in [1.29, 1.82) is 0 Å². The van der Waals surface area contributed by atoms with Gasteiger partial charge in [0.05, 0.1) is 0 Å². The lowest BCUT2D eigenvalue weighted by molar-refractivity contribution is -0.130. The number of hydrogen-bond donors (Lipinski definition) is 1. The minimum atomic E-state index is 0.132. The smallest absolute Gasteiger partial charge is 0.224 e. The average Bonchev–Trinajstić information content (AvgIpc) is 2.81. The molecule has 1 saturated heterocycles. The second-order valence-electron chi connectivity index (χ2n) is 4.29. The lowest BCUT2D eigenvalue weighted by Gasteiger charge is -2.17. The van der Waals surface area contributed by atoms with Crippen LogP contribution in [-0.2, 0) is 4.79 Å². The minimum Gasteiger partial charge on any atom is -0.343 e. The van der Waals surface area contributed by atoms with Gasteiger partial charge in [-0.05, 0) is 31.6 Å². The highest BCUT2D eigenvalue weighted by atomic mass is 16.2. The Morgan fingerprint density at radius 2 is 2.00 bits per heavy atom. The minimum absolute atomic E-state index is 0.132. The number of carbonyl (C=O) groups excluding carboxylic acids is 1. The SMILES string of the molecule is NC(CC(=O)N1CCCC1)C1CC1. The molecule has 74 valence electrons. The van der Waals surface area contributed by atoms with Crippen molar-refractivity contribution in [2.45, 2.75) is 38.1 Å². The third kappa shape index (κ3) is 2.21. The van der Waals surface area contributed by atoms with E-state index in [-0.39, 0.29) is 11.9 Å². The van der Waals surface area contributed by atoms with Gasteiger partial charge in [0.2, 0.25) is 5.91 Å². The molecule has 2 fully saturated rings. The van der Waals surface area contributed by atoms with E-state index in [0.29, 0.717) is 12.3 Å².